The summed E-state index contributed by atoms with van der Waals surface area (Å²) in [4.78, 5) is 34.7. The van der Waals surface area contributed by atoms with Crippen LogP contribution in [0.25, 0.3) is 33.8 Å². The summed E-state index contributed by atoms with van der Waals surface area (Å²) in [6, 6.07) is 10.9. The van der Waals surface area contributed by atoms with Crippen molar-refractivity contribution in [2.24, 2.45) is 5.41 Å². The smallest absolute Gasteiger partial charge is 0.421 e. The number of ether oxygens (including phenoxy) is 2. The molecule has 0 bridgehead atoms. The highest BCUT2D eigenvalue weighted by Gasteiger charge is 2.37. The molecular weight excluding hydrogens is 734 g/mol. The normalized spacial score (nSPS) is 16.2. The zero-order chi connectivity index (χ0) is 36.2. The summed E-state index contributed by atoms with van der Waals surface area (Å²) in [5.74, 6) is -0.650. The predicted octanol–water partition coefficient (Wildman–Crippen LogP) is 7.58. The second kappa shape index (κ2) is 18.0. The number of carbonyl (C=O) groups is 1. The van der Waals surface area contributed by atoms with Crippen LogP contribution in [0.1, 0.15) is 51.0 Å². The third kappa shape index (κ3) is 9.83. The molecule has 11 nitrogen and oxygen atoms in total. The van der Waals surface area contributed by atoms with Gasteiger partial charge in [-0.25, -0.2) is 15.0 Å². The highest BCUT2D eigenvalue weighted by Crippen LogP contribution is 2.41. The molecule has 4 heterocycles. The highest BCUT2D eigenvalue weighted by molar-refractivity contribution is 5.91. The van der Waals surface area contributed by atoms with E-state index in [9.17, 15) is 18.0 Å². The summed E-state index contributed by atoms with van der Waals surface area (Å²) in [6.45, 7) is 6.72. The maximum absolute atomic E-state index is 14.1. The lowest BCUT2D eigenvalue weighted by molar-refractivity contribution is -0.139. The molecule has 2 N–H and O–H groups in total. The second-order valence-corrected chi connectivity index (χ2v) is 13.7. The summed E-state index contributed by atoms with van der Waals surface area (Å²) < 4.78 is 53.3. The molecule has 1 aromatic carbocycles. The van der Waals surface area contributed by atoms with Gasteiger partial charge < -0.3 is 29.4 Å². The lowest BCUT2D eigenvalue weighted by Crippen LogP contribution is -2.46. The van der Waals surface area contributed by atoms with E-state index in [-0.39, 0.29) is 48.8 Å². The zero-order valence-electron chi connectivity index (χ0n) is 30.2. The van der Waals surface area contributed by atoms with Crippen molar-refractivity contribution in [3.63, 3.8) is 0 Å². The molecule has 1 saturated carbocycles. The van der Waals surface area contributed by atoms with Crippen molar-refractivity contribution >= 4 is 53.3 Å². The Bertz CT molecular complexity index is 1810. The molecule has 0 amide bonds. The Morgan fingerprint density at radius 1 is 1.02 bits per heavy atom. The van der Waals surface area contributed by atoms with E-state index in [0.29, 0.717) is 42.4 Å². The van der Waals surface area contributed by atoms with E-state index < -0.39 is 23.6 Å². The van der Waals surface area contributed by atoms with E-state index in [1.165, 1.54) is 12.6 Å². The van der Waals surface area contributed by atoms with E-state index in [2.05, 4.69) is 24.7 Å². The quantitative estimate of drug-likeness (QED) is 0.141. The first-order valence-corrected chi connectivity index (χ1v) is 17.6. The number of anilines is 2. The molecule has 3 aromatic heterocycles. The van der Waals surface area contributed by atoms with Crippen LogP contribution in [0.3, 0.4) is 0 Å². The number of carboxylic acids is 1. The van der Waals surface area contributed by atoms with E-state index in [4.69, 9.17) is 24.5 Å². The fourth-order valence-corrected chi connectivity index (χ4v) is 7.46. The van der Waals surface area contributed by atoms with E-state index in [0.717, 1.165) is 74.9 Å². The third-order valence-corrected chi connectivity index (χ3v) is 10.0. The number of hydrogen-bond acceptors (Lipinski definition) is 9. The number of hydrogen-bond donors (Lipinski definition) is 2. The van der Waals surface area contributed by atoms with Crippen LogP contribution in [0.2, 0.25) is 0 Å². The van der Waals surface area contributed by atoms with E-state index in [1.807, 2.05) is 37.4 Å². The van der Waals surface area contributed by atoms with Crippen LogP contribution >= 0.6 is 24.8 Å². The minimum absolute atomic E-state index is 0. The van der Waals surface area contributed by atoms with Crippen molar-refractivity contribution in [2.75, 3.05) is 76.4 Å². The van der Waals surface area contributed by atoms with Gasteiger partial charge >= 0.3 is 12.1 Å². The summed E-state index contributed by atoms with van der Waals surface area (Å²) in [7, 11) is 3.73. The number of piperazine rings is 1. The summed E-state index contributed by atoms with van der Waals surface area (Å²) in [6.07, 6.45) is 2.34. The van der Waals surface area contributed by atoms with Crippen LogP contribution < -0.4 is 14.5 Å². The minimum Gasteiger partial charge on any atom is -0.481 e. The average Bonchev–Trinajstić information content (AvgIpc) is 3.55. The van der Waals surface area contributed by atoms with Crippen molar-refractivity contribution in [3.05, 3.63) is 48.2 Å². The molecule has 290 valence electrons. The van der Waals surface area contributed by atoms with Crippen LogP contribution in [0.15, 0.2) is 42.6 Å². The molecule has 1 aliphatic heterocycles. The Balaban J connectivity index is 0.00000314. The van der Waals surface area contributed by atoms with Gasteiger partial charge in [-0.1, -0.05) is 19.3 Å². The Morgan fingerprint density at radius 2 is 1.72 bits per heavy atom. The van der Waals surface area contributed by atoms with E-state index in [1.54, 1.807) is 14.0 Å². The van der Waals surface area contributed by atoms with Crippen LogP contribution in [0.5, 0.6) is 5.88 Å². The number of nitrogens with one attached hydrogen (secondary N) is 1. The average molecular weight is 783 g/mol. The zero-order valence-corrected chi connectivity index (χ0v) is 31.9. The summed E-state index contributed by atoms with van der Waals surface area (Å²) in [5.41, 5.74) is 3.29. The predicted molar refractivity (Wildman–Crippen MR) is 205 cm³/mol. The topological polar surface area (TPSA) is 120 Å². The number of nitrogens with zero attached hydrogens (tertiary/aromatic N) is 6. The molecule has 0 spiro atoms. The number of rotatable bonds is 13. The monoisotopic (exact) mass is 781 g/mol. The molecular formula is C37H48Cl2F3N7O4. The van der Waals surface area contributed by atoms with Gasteiger partial charge in [-0.2, -0.15) is 13.2 Å². The maximum Gasteiger partial charge on any atom is 0.421 e. The number of fused-ring (bicyclic) bond motifs is 1. The van der Waals surface area contributed by atoms with Crippen molar-refractivity contribution in [1.82, 2.24) is 24.8 Å². The van der Waals surface area contributed by atoms with Crippen LogP contribution in [-0.2, 0) is 15.7 Å². The van der Waals surface area contributed by atoms with Gasteiger partial charge in [0.2, 0.25) is 5.88 Å². The lowest BCUT2D eigenvalue weighted by Gasteiger charge is -2.40. The molecule has 4 aromatic rings. The molecule has 2 aliphatic rings. The van der Waals surface area contributed by atoms with Gasteiger partial charge in [-0.15, -0.1) is 24.8 Å². The fourth-order valence-electron chi connectivity index (χ4n) is 7.46. The van der Waals surface area contributed by atoms with Gasteiger partial charge in [0.15, 0.2) is 5.65 Å². The largest absolute Gasteiger partial charge is 0.481 e. The molecule has 0 unspecified atom stereocenters. The number of aliphatic carboxylic acids is 1. The lowest BCUT2D eigenvalue weighted by atomic mass is 9.74. The van der Waals surface area contributed by atoms with Gasteiger partial charge in [0.1, 0.15) is 16.9 Å². The minimum atomic E-state index is -4.66. The first-order chi connectivity index (χ1) is 24.5. The summed E-state index contributed by atoms with van der Waals surface area (Å²) in [5, 5.41) is 9.01. The molecule has 53 heavy (non-hydrogen) atoms. The maximum atomic E-state index is 14.1. The first-order valence-electron chi connectivity index (χ1n) is 17.6. The van der Waals surface area contributed by atoms with Gasteiger partial charge in [0.25, 0.3) is 0 Å². The van der Waals surface area contributed by atoms with Crippen LogP contribution in [0, 0.1) is 5.41 Å². The number of aromatic amines is 1. The second-order valence-electron chi connectivity index (χ2n) is 13.7. The number of alkyl halides is 3. The highest BCUT2D eigenvalue weighted by atomic mass is 35.5. The van der Waals surface area contributed by atoms with Crippen molar-refractivity contribution in [2.45, 2.75) is 51.6 Å². The summed E-state index contributed by atoms with van der Waals surface area (Å²) >= 11 is 0. The number of methoxy groups -OCH3 is 1. The van der Waals surface area contributed by atoms with Crippen molar-refractivity contribution in [1.29, 1.82) is 0 Å². The van der Waals surface area contributed by atoms with Gasteiger partial charge in [-0.3, -0.25) is 9.69 Å². The van der Waals surface area contributed by atoms with Gasteiger partial charge in [0, 0.05) is 81.9 Å². The van der Waals surface area contributed by atoms with Crippen LogP contribution in [0.4, 0.5) is 24.5 Å². The van der Waals surface area contributed by atoms with Crippen molar-refractivity contribution < 1.29 is 32.5 Å². The third-order valence-electron chi connectivity index (χ3n) is 10.0. The van der Waals surface area contributed by atoms with Crippen LogP contribution in [-0.4, -0.2) is 103 Å². The number of aromatic nitrogens is 4. The first kappa shape index (κ1) is 41.9. The number of halogens is 5. The number of benzene rings is 1. The molecule has 1 aliphatic carbocycles. The molecule has 2 fully saturated rings. The number of pyridine rings is 2. The molecule has 16 heteroatoms. The standard InChI is InChI=1S/C37H46F3N7O4.2ClH/c1-4-51-35-28(37(38,39)40)20-26(22-41-35)29-21-30(45(2)23-36(24-50-3)13-6-5-7-14-36)32-34(42-29)44-33(43-32)25-8-10-27(11-9-25)47-18-16-46(17-19-47)15-12-31(48)49;;/h8-11,20-22H,4-7,12-19,23-24H2,1-3H3,(H,48,49)(H,42,43,44);2*1H. The van der Waals surface area contributed by atoms with E-state index >= 15 is 0 Å². The molecule has 6 rings (SSSR count). The van der Waals surface area contributed by atoms with Crippen molar-refractivity contribution in [3.8, 4) is 28.5 Å². The molecule has 1 saturated heterocycles. The Morgan fingerprint density at radius 3 is 2.34 bits per heavy atom. The van der Waals surface area contributed by atoms with Gasteiger partial charge in [-0.05, 0) is 56.2 Å². The SMILES string of the molecule is CCOc1ncc(-c2cc(N(C)CC3(COC)CCCCC3)c3[nH]c(-c4ccc(N5CCN(CCC(=O)O)CC5)cc4)nc3n2)cc1C(F)(F)F.Cl.Cl. The molecule has 0 radical (unpaired) electrons. The van der Waals surface area contributed by atoms with Gasteiger partial charge in [0.05, 0.1) is 31.0 Å². The number of H-pyrrole nitrogens is 1. The Kier molecular flexibility index (Phi) is 14.2. The Labute approximate surface area is 320 Å². The number of carboxylic acid groups (broad SMARTS) is 1. The molecule has 0 atom stereocenters. The fraction of sp³-hybridized carbons (Fsp3) is 0.514. The number of imidazole rings is 1. The Hall–Kier alpha value is -3.85.